The lowest BCUT2D eigenvalue weighted by Crippen LogP contribution is -2.11. The van der Waals surface area contributed by atoms with Crippen molar-refractivity contribution in [2.75, 3.05) is 0 Å². The first-order valence-corrected chi connectivity index (χ1v) is 7.18. The second kappa shape index (κ2) is 6.51. The standard InChI is InChI=1S/C17H22N2O/c1-5-13(4)20-16-10-18-11-19-17(16)15-8-6-14(7-9-15)12(2)3/h6-13H,5H2,1-4H3. The zero-order valence-electron chi connectivity index (χ0n) is 12.6. The molecule has 1 unspecified atom stereocenters. The van der Waals surface area contributed by atoms with Gasteiger partial charge in [-0.2, -0.15) is 0 Å². The molecule has 0 N–H and O–H groups in total. The van der Waals surface area contributed by atoms with Crippen LogP contribution in [0.2, 0.25) is 0 Å². The van der Waals surface area contributed by atoms with Crippen molar-refractivity contribution in [3.05, 3.63) is 42.4 Å². The van der Waals surface area contributed by atoms with Gasteiger partial charge in [0, 0.05) is 5.56 Å². The Labute approximate surface area is 121 Å². The van der Waals surface area contributed by atoms with Crippen LogP contribution in [-0.2, 0) is 0 Å². The first kappa shape index (κ1) is 14.5. The minimum atomic E-state index is 0.162. The molecule has 0 fully saturated rings. The Kier molecular flexibility index (Phi) is 4.72. The summed E-state index contributed by atoms with van der Waals surface area (Å²) < 4.78 is 5.90. The van der Waals surface area contributed by atoms with Crippen molar-refractivity contribution in [2.24, 2.45) is 0 Å². The van der Waals surface area contributed by atoms with Crippen LogP contribution in [0.15, 0.2) is 36.8 Å². The molecule has 0 aliphatic rings. The molecule has 2 aromatic rings. The van der Waals surface area contributed by atoms with Gasteiger partial charge in [-0.05, 0) is 24.8 Å². The molecule has 1 atom stereocenters. The Balaban J connectivity index is 2.32. The number of hydrogen-bond acceptors (Lipinski definition) is 3. The molecule has 0 aliphatic carbocycles. The van der Waals surface area contributed by atoms with Gasteiger partial charge in [0.05, 0.1) is 12.3 Å². The van der Waals surface area contributed by atoms with Crippen LogP contribution in [0.4, 0.5) is 0 Å². The van der Waals surface area contributed by atoms with Gasteiger partial charge in [-0.3, -0.25) is 0 Å². The molecule has 1 aromatic carbocycles. The third-order valence-electron chi connectivity index (χ3n) is 3.43. The van der Waals surface area contributed by atoms with Crippen LogP contribution in [0.5, 0.6) is 5.75 Å². The molecular formula is C17H22N2O. The number of ether oxygens (including phenoxy) is 1. The molecule has 0 amide bonds. The Hall–Kier alpha value is -1.90. The maximum atomic E-state index is 5.90. The largest absolute Gasteiger partial charge is 0.487 e. The fraction of sp³-hybridized carbons (Fsp3) is 0.412. The average molecular weight is 270 g/mol. The molecule has 0 bridgehead atoms. The summed E-state index contributed by atoms with van der Waals surface area (Å²) in [5.74, 6) is 1.28. The highest BCUT2D eigenvalue weighted by Crippen LogP contribution is 2.29. The Morgan fingerprint density at radius 2 is 1.80 bits per heavy atom. The summed E-state index contributed by atoms with van der Waals surface area (Å²) in [5.41, 5.74) is 3.25. The summed E-state index contributed by atoms with van der Waals surface area (Å²) in [7, 11) is 0. The second-order valence-corrected chi connectivity index (χ2v) is 5.35. The van der Waals surface area contributed by atoms with Gasteiger partial charge in [-0.25, -0.2) is 9.97 Å². The molecule has 0 aliphatic heterocycles. The molecule has 2 rings (SSSR count). The van der Waals surface area contributed by atoms with E-state index in [4.69, 9.17) is 4.74 Å². The zero-order valence-corrected chi connectivity index (χ0v) is 12.6. The van der Waals surface area contributed by atoms with E-state index in [0.29, 0.717) is 5.92 Å². The van der Waals surface area contributed by atoms with Crippen LogP contribution in [0.25, 0.3) is 11.3 Å². The number of aromatic nitrogens is 2. The van der Waals surface area contributed by atoms with Crippen molar-refractivity contribution in [1.29, 1.82) is 0 Å². The Morgan fingerprint density at radius 3 is 2.40 bits per heavy atom. The first-order valence-electron chi connectivity index (χ1n) is 7.18. The minimum Gasteiger partial charge on any atom is -0.487 e. The lowest BCUT2D eigenvalue weighted by atomic mass is 10.0. The summed E-state index contributed by atoms with van der Waals surface area (Å²) in [4.78, 5) is 8.44. The molecule has 1 aromatic heterocycles. The molecule has 0 radical (unpaired) electrons. The lowest BCUT2D eigenvalue weighted by molar-refractivity contribution is 0.217. The van der Waals surface area contributed by atoms with Crippen molar-refractivity contribution >= 4 is 0 Å². The van der Waals surface area contributed by atoms with E-state index in [0.717, 1.165) is 23.4 Å². The fourth-order valence-corrected chi connectivity index (χ4v) is 1.95. The van der Waals surface area contributed by atoms with E-state index in [1.165, 1.54) is 5.56 Å². The van der Waals surface area contributed by atoms with Crippen molar-refractivity contribution in [3.63, 3.8) is 0 Å². The molecule has 0 saturated carbocycles. The average Bonchev–Trinajstić information content (AvgIpc) is 2.48. The summed E-state index contributed by atoms with van der Waals surface area (Å²) in [6.45, 7) is 8.54. The van der Waals surface area contributed by atoms with E-state index in [2.05, 4.69) is 61.9 Å². The molecule has 0 saturated heterocycles. The van der Waals surface area contributed by atoms with Crippen LogP contribution in [0, 0.1) is 0 Å². The summed E-state index contributed by atoms with van der Waals surface area (Å²) >= 11 is 0. The van der Waals surface area contributed by atoms with Crippen LogP contribution in [0.3, 0.4) is 0 Å². The van der Waals surface area contributed by atoms with Gasteiger partial charge in [-0.1, -0.05) is 45.0 Å². The maximum absolute atomic E-state index is 5.90. The number of rotatable bonds is 5. The molecule has 0 spiro atoms. The zero-order chi connectivity index (χ0) is 14.5. The van der Waals surface area contributed by atoms with Gasteiger partial charge in [0.2, 0.25) is 0 Å². The third-order valence-corrected chi connectivity index (χ3v) is 3.43. The molecular weight excluding hydrogens is 248 g/mol. The smallest absolute Gasteiger partial charge is 0.164 e. The van der Waals surface area contributed by atoms with E-state index in [1.54, 1.807) is 12.5 Å². The first-order chi connectivity index (χ1) is 9.61. The van der Waals surface area contributed by atoms with Crippen molar-refractivity contribution in [3.8, 4) is 17.0 Å². The highest BCUT2D eigenvalue weighted by atomic mass is 16.5. The Morgan fingerprint density at radius 1 is 1.10 bits per heavy atom. The maximum Gasteiger partial charge on any atom is 0.164 e. The quantitative estimate of drug-likeness (QED) is 0.805. The number of hydrogen-bond donors (Lipinski definition) is 0. The third kappa shape index (κ3) is 3.35. The van der Waals surface area contributed by atoms with Crippen LogP contribution < -0.4 is 4.74 Å². The molecule has 1 heterocycles. The van der Waals surface area contributed by atoms with E-state index < -0.39 is 0 Å². The monoisotopic (exact) mass is 270 g/mol. The van der Waals surface area contributed by atoms with E-state index in [9.17, 15) is 0 Å². The van der Waals surface area contributed by atoms with Crippen LogP contribution >= 0.6 is 0 Å². The number of benzene rings is 1. The highest BCUT2D eigenvalue weighted by molar-refractivity contribution is 5.65. The van der Waals surface area contributed by atoms with E-state index >= 15 is 0 Å². The van der Waals surface area contributed by atoms with Crippen molar-refractivity contribution in [1.82, 2.24) is 9.97 Å². The lowest BCUT2D eigenvalue weighted by Gasteiger charge is -2.15. The Bertz CT molecular complexity index is 549. The van der Waals surface area contributed by atoms with E-state index in [-0.39, 0.29) is 6.10 Å². The molecule has 3 nitrogen and oxygen atoms in total. The molecule has 106 valence electrons. The van der Waals surface area contributed by atoms with Crippen molar-refractivity contribution < 1.29 is 4.74 Å². The normalized spacial score (nSPS) is 12.4. The second-order valence-electron chi connectivity index (χ2n) is 5.35. The summed E-state index contributed by atoms with van der Waals surface area (Å²) in [6, 6.07) is 8.49. The number of nitrogens with zero attached hydrogens (tertiary/aromatic N) is 2. The highest BCUT2D eigenvalue weighted by Gasteiger charge is 2.11. The van der Waals surface area contributed by atoms with Crippen LogP contribution in [0.1, 0.15) is 45.6 Å². The van der Waals surface area contributed by atoms with E-state index in [1.807, 2.05) is 0 Å². The van der Waals surface area contributed by atoms with Crippen molar-refractivity contribution in [2.45, 2.75) is 46.1 Å². The van der Waals surface area contributed by atoms with Gasteiger partial charge >= 0.3 is 0 Å². The van der Waals surface area contributed by atoms with Crippen LogP contribution in [-0.4, -0.2) is 16.1 Å². The van der Waals surface area contributed by atoms with Gasteiger partial charge in [-0.15, -0.1) is 0 Å². The van der Waals surface area contributed by atoms with Gasteiger partial charge in [0.1, 0.15) is 12.0 Å². The predicted molar refractivity (Wildman–Crippen MR) is 81.9 cm³/mol. The minimum absolute atomic E-state index is 0.162. The summed E-state index contributed by atoms with van der Waals surface area (Å²) in [6.07, 6.45) is 4.43. The van der Waals surface area contributed by atoms with Gasteiger partial charge in [0.15, 0.2) is 5.75 Å². The van der Waals surface area contributed by atoms with Gasteiger partial charge < -0.3 is 4.74 Å². The summed E-state index contributed by atoms with van der Waals surface area (Å²) in [5, 5.41) is 0. The molecule has 20 heavy (non-hydrogen) atoms. The fourth-order valence-electron chi connectivity index (χ4n) is 1.95. The molecule has 3 heteroatoms. The van der Waals surface area contributed by atoms with Gasteiger partial charge in [0.25, 0.3) is 0 Å². The topological polar surface area (TPSA) is 35.0 Å². The predicted octanol–water partition coefficient (Wildman–Crippen LogP) is 4.44. The SMILES string of the molecule is CCC(C)Oc1cncnc1-c1ccc(C(C)C)cc1.